The Kier molecular flexibility index (Phi) is 7.14. The Balaban J connectivity index is 1.10. The second-order valence-electron chi connectivity index (χ2n) is 14.0. The maximum atomic E-state index is 5.36. The number of para-hydroxylation sites is 3. The smallest absolute Gasteiger partial charge is 0.160 e. The minimum absolute atomic E-state index is 0.725. The molecule has 0 aliphatic rings. The Labute approximate surface area is 317 Å². The van der Waals surface area contributed by atoms with Gasteiger partial charge in [-0.05, 0) is 65.0 Å². The molecule has 8 aromatic carbocycles. The molecule has 0 fully saturated rings. The molecule has 256 valence electrons. The third-order valence-corrected chi connectivity index (χ3v) is 10.8. The van der Waals surface area contributed by atoms with Crippen LogP contribution in [0.5, 0.6) is 0 Å². The molecule has 0 unspecified atom stereocenters. The highest BCUT2D eigenvalue weighted by atomic mass is 15.0. The fraction of sp³-hybridized carbons (Fsp3) is 0. The van der Waals surface area contributed by atoms with E-state index in [1.54, 1.807) is 0 Å². The number of fused-ring (bicyclic) bond motifs is 7. The summed E-state index contributed by atoms with van der Waals surface area (Å²) in [7, 11) is 0. The zero-order valence-corrected chi connectivity index (χ0v) is 29.8. The molecule has 0 aliphatic carbocycles. The predicted molar refractivity (Wildman–Crippen MR) is 228 cm³/mol. The van der Waals surface area contributed by atoms with Crippen LogP contribution >= 0.6 is 0 Å². The minimum atomic E-state index is 0.725. The third-order valence-electron chi connectivity index (χ3n) is 10.8. The first-order valence-corrected chi connectivity index (χ1v) is 18.6. The van der Waals surface area contributed by atoms with Crippen LogP contribution < -0.4 is 0 Å². The van der Waals surface area contributed by atoms with E-state index < -0.39 is 0 Å². The lowest BCUT2D eigenvalue weighted by atomic mass is 9.95. The van der Waals surface area contributed by atoms with Crippen molar-refractivity contribution < 1.29 is 0 Å². The summed E-state index contributed by atoms with van der Waals surface area (Å²) in [6.07, 6.45) is 0. The molecular formula is C51H32N4. The molecule has 0 saturated carbocycles. The van der Waals surface area contributed by atoms with Crippen LogP contribution in [0, 0.1) is 0 Å². The van der Waals surface area contributed by atoms with Gasteiger partial charge in [0.05, 0.1) is 33.5 Å². The monoisotopic (exact) mass is 700 g/mol. The molecule has 11 rings (SSSR count). The van der Waals surface area contributed by atoms with Crippen molar-refractivity contribution in [3.05, 3.63) is 194 Å². The summed E-state index contributed by atoms with van der Waals surface area (Å²) in [5.74, 6) is 0.725. The molecule has 0 amide bonds. The van der Waals surface area contributed by atoms with E-state index in [0.717, 1.165) is 83.4 Å². The van der Waals surface area contributed by atoms with Crippen molar-refractivity contribution in [3.8, 4) is 50.7 Å². The maximum Gasteiger partial charge on any atom is 0.160 e. The average molecular weight is 701 g/mol. The number of benzene rings is 8. The molecule has 0 atom stereocenters. The van der Waals surface area contributed by atoms with Crippen LogP contribution in [-0.4, -0.2) is 19.5 Å². The normalized spacial score (nSPS) is 11.6. The van der Waals surface area contributed by atoms with Crippen LogP contribution in [0.2, 0.25) is 0 Å². The van der Waals surface area contributed by atoms with Crippen LogP contribution in [-0.2, 0) is 0 Å². The van der Waals surface area contributed by atoms with Gasteiger partial charge in [0.2, 0.25) is 0 Å². The molecule has 0 aliphatic heterocycles. The van der Waals surface area contributed by atoms with Gasteiger partial charge in [-0.1, -0.05) is 146 Å². The number of aromatic nitrogens is 4. The summed E-state index contributed by atoms with van der Waals surface area (Å²) in [5, 5.41) is 6.93. The van der Waals surface area contributed by atoms with Crippen LogP contribution in [0.3, 0.4) is 0 Å². The summed E-state index contributed by atoms with van der Waals surface area (Å²) >= 11 is 0. The highest BCUT2D eigenvalue weighted by Crippen LogP contribution is 2.41. The molecule has 0 radical (unpaired) electrons. The fourth-order valence-electron chi connectivity index (χ4n) is 8.15. The zero-order chi connectivity index (χ0) is 36.3. The zero-order valence-electron chi connectivity index (χ0n) is 29.8. The van der Waals surface area contributed by atoms with Gasteiger partial charge >= 0.3 is 0 Å². The van der Waals surface area contributed by atoms with Gasteiger partial charge in [0, 0.05) is 49.3 Å². The van der Waals surface area contributed by atoms with Crippen LogP contribution in [0.15, 0.2) is 194 Å². The maximum absolute atomic E-state index is 5.36. The number of hydrogen-bond acceptors (Lipinski definition) is 3. The van der Waals surface area contributed by atoms with E-state index >= 15 is 0 Å². The van der Waals surface area contributed by atoms with E-state index in [1.165, 1.54) is 21.7 Å². The number of rotatable bonds is 5. The summed E-state index contributed by atoms with van der Waals surface area (Å²) < 4.78 is 2.38. The van der Waals surface area contributed by atoms with Gasteiger partial charge in [-0.15, -0.1) is 0 Å². The third kappa shape index (κ3) is 5.19. The van der Waals surface area contributed by atoms with Crippen LogP contribution in [0.1, 0.15) is 0 Å². The first-order valence-electron chi connectivity index (χ1n) is 18.6. The van der Waals surface area contributed by atoms with Gasteiger partial charge in [0.25, 0.3) is 0 Å². The first-order chi connectivity index (χ1) is 27.3. The molecule has 4 heteroatoms. The molecule has 55 heavy (non-hydrogen) atoms. The number of hydrogen-bond donors (Lipinski definition) is 0. The quantitative estimate of drug-likeness (QED) is 0.168. The van der Waals surface area contributed by atoms with Crippen molar-refractivity contribution in [1.29, 1.82) is 0 Å². The summed E-state index contributed by atoms with van der Waals surface area (Å²) in [4.78, 5) is 15.4. The molecule has 0 N–H and O–H groups in total. The number of pyridine rings is 1. The van der Waals surface area contributed by atoms with Gasteiger partial charge < -0.3 is 4.57 Å². The van der Waals surface area contributed by atoms with E-state index in [0.29, 0.717) is 0 Å². The van der Waals surface area contributed by atoms with Crippen molar-refractivity contribution in [1.82, 2.24) is 19.5 Å². The second-order valence-corrected chi connectivity index (χ2v) is 14.0. The standard InChI is InChI=1S/C51H32N4/c1-4-14-34(15-5-1)50-44-32-48-43(39-20-11-13-23-47(39)55(48)38-18-8-3-9-19-38)31-41(44)42-30-37(28-29-46(42)52-50)33-24-26-35(27-25-33)49-40-21-10-12-22-45(40)53-51(54-49)36-16-6-2-7-17-36/h1-32H. The molecule has 0 spiro atoms. The first kappa shape index (κ1) is 31.1. The van der Waals surface area contributed by atoms with Crippen LogP contribution in [0.4, 0.5) is 0 Å². The van der Waals surface area contributed by atoms with Crippen molar-refractivity contribution in [2.45, 2.75) is 0 Å². The average Bonchev–Trinajstić information content (AvgIpc) is 3.59. The van der Waals surface area contributed by atoms with Crippen molar-refractivity contribution in [2.75, 3.05) is 0 Å². The van der Waals surface area contributed by atoms with E-state index in [2.05, 4.69) is 174 Å². The Morgan fingerprint density at radius 3 is 1.65 bits per heavy atom. The molecule has 3 aromatic heterocycles. The van der Waals surface area contributed by atoms with Gasteiger partial charge in [-0.3, -0.25) is 0 Å². The lowest BCUT2D eigenvalue weighted by Gasteiger charge is -2.14. The highest BCUT2D eigenvalue weighted by molar-refractivity contribution is 6.20. The molecule has 11 aromatic rings. The fourth-order valence-corrected chi connectivity index (χ4v) is 8.15. The Bertz CT molecular complexity index is 3220. The van der Waals surface area contributed by atoms with E-state index in [1.807, 2.05) is 24.3 Å². The van der Waals surface area contributed by atoms with Crippen molar-refractivity contribution in [2.24, 2.45) is 0 Å². The topological polar surface area (TPSA) is 43.6 Å². The Hall–Kier alpha value is -7.43. The van der Waals surface area contributed by atoms with Gasteiger partial charge in [0.15, 0.2) is 5.82 Å². The largest absolute Gasteiger partial charge is 0.309 e. The molecule has 0 saturated heterocycles. The SMILES string of the molecule is c1ccc(-c2nc(-c3ccc(-c4ccc5nc(-c6ccccc6)c6cc7c(cc6c5c4)c4ccccc4n7-c4ccccc4)cc3)c3ccccc3n2)cc1. The van der Waals surface area contributed by atoms with E-state index in [4.69, 9.17) is 15.0 Å². The van der Waals surface area contributed by atoms with Gasteiger partial charge in [0.1, 0.15) is 0 Å². The number of nitrogens with zero attached hydrogens (tertiary/aromatic N) is 4. The minimum Gasteiger partial charge on any atom is -0.309 e. The van der Waals surface area contributed by atoms with Crippen molar-refractivity contribution in [3.63, 3.8) is 0 Å². The predicted octanol–water partition coefficient (Wildman–Crippen LogP) is 13.1. The van der Waals surface area contributed by atoms with E-state index in [-0.39, 0.29) is 0 Å². The Morgan fingerprint density at radius 1 is 0.291 bits per heavy atom. The molecule has 3 heterocycles. The summed E-state index contributed by atoms with van der Waals surface area (Å²) in [6.45, 7) is 0. The van der Waals surface area contributed by atoms with Crippen molar-refractivity contribution >= 4 is 54.4 Å². The van der Waals surface area contributed by atoms with E-state index in [9.17, 15) is 0 Å². The molecular weight excluding hydrogens is 669 g/mol. The molecule has 4 nitrogen and oxygen atoms in total. The second kappa shape index (κ2) is 12.6. The Morgan fingerprint density at radius 2 is 0.873 bits per heavy atom. The van der Waals surface area contributed by atoms with Gasteiger partial charge in [-0.25, -0.2) is 15.0 Å². The van der Waals surface area contributed by atoms with Crippen LogP contribution in [0.25, 0.3) is 105 Å². The van der Waals surface area contributed by atoms with Gasteiger partial charge in [-0.2, -0.15) is 0 Å². The highest BCUT2D eigenvalue weighted by Gasteiger charge is 2.18. The molecule has 0 bridgehead atoms. The summed E-state index contributed by atoms with van der Waals surface area (Å²) in [6, 6.07) is 68.5. The summed E-state index contributed by atoms with van der Waals surface area (Å²) in [5.41, 5.74) is 12.7. The lowest BCUT2D eigenvalue weighted by molar-refractivity contribution is 1.18. The lowest BCUT2D eigenvalue weighted by Crippen LogP contribution is -1.95.